The molecule has 0 unspecified atom stereocenters. The van der Waals surface area contributed by atoms with E-state index in [9.17, 15) is 4.79 Å². The molecule has 2 aromatic carbocycles. The Morgan fingerprint density at radius 3 is 2.56 bits per heavy atom. The summed E-state index contributed by atoms with van der Waals surface area (Å²) < 4.78 is 1.57. The number of ketones is 1. The van der Waals surface area contributed by atoms with Crippen LogP contribution in [0.15, 0.2) is 64.9 Å². The topological polar surface area (TPSA) is 85.1 Å². The number of aryl methyl sites for hydroxylation is 1. The summed E-state index contributed by atoms with van der Waals surface area (Å²) in [5, 5.41) is 16.6. The number of rotatable bonds is 5. The molecule has 7 nitrogen and oxygen atoms in total. The lowest BCUT2D eigenvalue weighted by Crippen LogP contribution is -2.10. The molecule has 0 saturated carbocycles. The number of carbonyl (C=O) groups is 1. The first-order valence-electron chi connectivity index (χ1n) is 7.57. The molecule has 0 saturated heterocycles. The molecule has 0 atom stereocenters. The number of nitrogens with zero attached hydrogens (tertiary/aromatic N) is 5. The summed E-state index contributed by atoms with van der Waals surface area (Å²) in [6.07, 6.45) is 0. The Balaban J connectivity index is 1.84. The number of tetrazole rings is 1. The van der Waals surface area contributed by atoms with E-state index in [0.29, 0.717) is 5.16 Å². The Kier molecular flexibility index (Phi) is 5.20. The lowest BCUT2D eigenvalue weighted by molar-refractivity contribution is -0.110. The summed E-state index contributed by atoms with van der Waals surface area (Å²) in [6.45, 7) is 3.43. The lowest BCUT2D eigenvalue weighted by Gasteiger charge is -2.07. The van der Waals surface area contributed by atoms with Gasteiger partial charge in [0.1, 0.15) is 0 Å². The maximum atomic E-state index is 12.0. The normalized spacial score (nSPS) is 11.4. The second-order valence-electron chi connectivity index (χ2n) is 5.21. The van der Waals surface area contributed by atoms with Crippen molar-refractivity contribution in [2.24, 2.45) is 5.10 Å². The monoisotopic (exact) mass is 352 g/mol. The van der Waals surface area contributed by atoms with Gasteiger partial charge >= 0.3 is 0 Å². The number of para-hydroxylation sites is 2. The number of Topliss-reactive ketones (excluding diaryl/α,β-unsaturated/α-hetero) is 1. The van der Waals surface area contributed by atoms with Gasteiger partial charge in [-0.15, -0.1) is 5.10 Å². The predicted molar refractivity (Wildman–Crippen MR) is 97.9 cm³/mol. The Morgan fingerprint density at radius 2 is 1.84 bits per heavy atom. The van der Waals surface area contributed by atoms with Crippen molar-refractivity contribution in [3.8, 4) is 5.69 Å². The van der Waals surface area contributed by atoms with E-state index in [4.69, 9.17) is 0 Å². The second-order valence-corrected chi connectivity index (χ2v) is 6.17. The highest BCUT2D eigenvalue weighted by atomic mass is 32.2. The number of thioether (sulfide) groups is 1. The zero-order valence-electron chi connectivity index (χ0n) is 13.7. The summed E-state index contributed by atoms with van der Waals surface area (Å²) >= 11 is 1.11. The Bertz CT molecular complexity index is 906. The molecule has 25 heavy (non-hydrogen) atoms. The standard InChI is InChI=1S/C17H16N6OS/c1-12-8-6-7-11-15(12)18-19-16(13(2)24)25-17-20-21-22-23(17)14-9-4-3-5-10-14/h3-11,18H,1-2H3. The lowest BCUT2D eigenvalue weighted by atomic mass is 10.2. The van der Waals surface area contributed by atoms with Crippen molar-refractivity contribution in [2.75, 3.05) is 5.43 Å². The first-order chi connectivity index (χ1) is 12.1. The molecular formula is C17H16N6OS. The molecule has 0 aliphatic carbocycles. The minimum Gasteiger partial charge on any atom is -0.292 e. The maximum Gasteiger partial charge on any atom is 0.220 e. The fraction of sp³-hybridized carbons (Fsp3) is 0.118. The van der Waals surface area contributed by atoms with E-state index in [1.54, 1.807) is 4.68 Å². The molecule has 0 aliphatic rings. The summed E-state index contributed by atoms with van der Waals surface area (Å²) in [7, 11) is 0. The summed E-state index contributed by atoms with van der Waals surface area (Å²) in [5.74, 6) is -0.173. The molecule has 0 spiro atoms. The molecular weight excluding hydrogens is 336 g/mol. The zero-order valence-corrected chi connectivity index (χ0v) is 14.6. The average Bonchev–Trinajstić information content (AvgIpc) is 3.08. The molecule has 3 rings (SSSR count). The maximum absolute atomic E-state index is 12.0. The van der Waals surface area contributed by atoms with Crippen molar-refractivity contribution in [3.63, 3.8) is 0 Å². The van der Waals surface area contributed by atoms with Gasteiger partial charge in [-0.25, -0.2) is 0 Å². The van der Waals surface area contributed by atoms with E-state index < -0.39 is 0 Å². The zero-order chi connectivity index (χ0) is 17.6. The van der Waals surface area contributed by atoms with Gasteiger partial charge in [0.2, 0.25) is 5.16 Å². The number of benzene rings is 2. The van der Waals surface area contributed by atoms with Gasteiger partial charge in [0, 0.05) is 6.92 Å². The molecule has 1 heterocycles. The third kappa shape index (κ3) is 4.10. The van der Waals surface area contributed by atoms with Gasteiger partial charge in [-0.2, -0.15) is 9.78 Å². The Hall–Kier alpha value is -3.00. The highest BCUT2D eigenvalue weighted by Gasteiger charge is 2.16. The minimum absolute atomic E-state index is 0.173. The fourth-order valence-electron chi connectivity index (χ4n) is 2.04. The third-order valence-corrected chi connectivity index (χ3v) is 4.36. The first-order valence-corrected chi connectivity index (χ1v) is 8.38. The molecule has 1 aromatic heterocycles. The SMILES string of the molecule is CC(=O)C(=NNc1ccccc1C)Sc1nnnn1-c1ccccc1. The molecule has 3 aromatic rings. The van der Waals surface area contributed by atoms with Gasteiger partial charge in [0.05, 0.1) is 11.4 Å². The van der Waals surface area contributed by atoms with E-state index in [1.807, 2.05) is 61.5 Å². The van der Waals surface area contributed by atoms with Gasteiger partial charge in [0.15, 0.2) is 10.8 Å². The molecule has 8 heteroatoms. The highest BCUT2D eigenvalue weighted by molar-refractivity contribution is 8.15. The van der Waals surface area contributed by atoms with E-state index in [2.05, 4.69) is 26.1 Å². The molecule has 0 amide bonds. The fourth-order valence-corrected chi connectivity index (χ4v) is 2.76. The number of aromatic nitrogens is 4. The number of hydrogen-bond acceptors (Lipinski definition) is 7. The molecule has 0 bridgehead atoms. The van der Waals surface area contributed by atoms with E-state index in [1.165, 1.54) is 6.92 Å². The van der Waals surface area contributed by atoms with E-state index >= 15 is 0 Å². The van der Waals surface area contributed by atoms with Crippen molar-refractivity contribution >= 4 is 28.3 Å². The average molecular weight is 352 g/mol. The Morgan fingerprint density at radius 1 is 1.12 bits per heavy atom. The van der Waals surface area contributed by atoms with Gasteiger partial charge in [-0.1, -0.05) is 36.4 Å². The highest BCUT2D eigenvalue weighted by Crippen LogP contribution is 2.21. The molecule has 126 valence electrons. The van der Waals surface area contributed by atoms with E-state index in [-0.39, 0.29) is 10.8 Å². The van der Waals surface area contributed by atoms with Crippen LogP contribution in [0.25, 0.3) is 5.69 Å². The predicted octanol–water partition coefficient (Wildman–Crippen LogP) is 3.08. The van der Waals surface area contributed by atoms with Gasteiger partial charge in [-0.3, -0.25) is 10.2 Å². The van der Waals surface area contributed by atoms with E-state index in [0.717, 1.165) is 28.7 Å². The quantitative estimate of drug-likeness (QED) is 0.329. The number of hydrazone groups is 1. The van der Waals surface area contributed by atoms with Crippen LogP contribution in [0.1, 0.15) is 12.5 Å². The molecule has 0 radical (unpaired) electrons. The van der Waals surface area contributed by atoms with Crippen molar-refractivity contribution in [1.29, 1.82) is 0 Å². The van der Waals surface area contributed by atoms with Crippen LogP contribution in [0.3, 0.4) is 0 Å². The van der Waals surface area contributed by atoms with Crippen molar-refractivity contribution in [1.82, 2.24) is 20.2 Å². The smallest absolute Gasteiger partial charge is 0.220 e. The van der Waals surface area contributed by atoms with Crippen molar-refractivity contribution in [3.05, 3.63) is 60.2 Å². The Labute approximate surface area is 149 Å². The number of hydrogen-bond donors (Lipinski definition) is 1. The van der Waals surface area contributed by atoms with Crippen LogP contribution in [0.5, 0.6) is 0 Å². The summed E-state index contributed by atoms with van der Waals surface area (Å²) in [4.78, 5) is 12.0. The molecule has 0 aliphatic heterocycles. The van der Waals surface area contributed by atoms with Crippen LogP contribution in [-0.4, -0.2) is 31.0 Å². The summed E-state index contributed by atoms with van der Waals surface area (Å²) in [5.41, 5.74) is 5.62. The van der Waals surface area contributed by atoms with Crippen LogP contribution in [0, 0.1) is 6.92 Å². The van der Waals surface area contributed by atoms with Crippen molar-refractivity contribution in [2.45, 2.75) is 19.0 Å². The first kappa shape index (κ1) is 16.8. The number of nitrogens with one attached hydrogen (secondary N) is 1. The van der Waals surface area contributed by atoms with Gasteiger partial charge < -0.3 is 0 Å². The largest absolute Gasteiger partial charge is 0.292 e. The second kappa shape index (κ2) is 7.71. The number of carbonyl (C=O) groups excluding carboxylic acids is 1. The molecule has 0 fully saturated rings. The number of anilines is 1. The van der Waals surface area contributed by atoms with Crippen molar-refractivity contribution < 1.29 is 4.79 Å². The van der Waals surface area contributed by atoms with Gasteiger partial charge in [0.25, 0.3) is 0 Å². The van der Waals surface area contributed by atoms with Crippen LogP contribution >= 0.6 is 11.8 Å². The van der Waals surface area contributed by atoms with Crippen LogP contribution in [0.4, 0.5) is 5.69 Å². The van der Waals surface area contributed by atoms with Crippen LogP contribution < -0.4 is 5.43 Å². The molecule has 1 N–H and O–H groups in total. The van der Waals surface area contributed by atoms with Gasteiger partial charge in [-0.05, 0) is 52.9 Å². The van der Waals surface area contributed by atoms with Crippen LogP contribution in [0.2, 0.25) is 0 Å². The third-order valence-electron chi connectivity index (χ3n) is 3.35. The van der Waals surface area contributed by atoms with Crippen LogP contribution in [-0.2, 0) is 4.79 Å². The summed E-state index contributed by atoms with van der Waals surface area (Å²) in [6, 6.07) is 17.2. The minimum atomic E-state index is -0.173.